The van der Waals surface area contributed by atoms with Crippen molar-refractivity contribution < 1.29 is 6.48 Å². The van der Waals surface area contributed by atoms with Gasteiger partial charge in [-0.05, 0) is 30.0 Å². The van der Waals surface area contributed by atoms with Gasteiger partial charge in [-0.2, -0.15) is 0 Å². The van der Waals surface area contributed by atoms with Crippen molar-refractivity contribution in [3.8, 4) is 5.75 Å². The van der Waals surface area contributed by atoms with Crippen LogP contribution in [0.2, 0.25) is 0 Å². The molecule has 0 aliphatic rings. The molecule has 0 saturated heterocycles. The summed E-state index contributed by atoms with van der Waals surface area (Å²) in [6, 6.07) is 3.88. The third-order valence-corrected chi connectivity index (χ3v) is 1.73. The summed E-state index contributed by atoms with van der Waals surface area (Å²) in [7, 11) is 0. The zero-order valence-electron chi connectivity index (χ0n) is 8.18. The summed E-state index contributed by atoms with van der Waals surface area (Å²) in [5, 5.41) is 9.50. The highest BCUT2D eigenvalue weighted by atomic mass is 16.3. The molecule has 1 aromatic carbocycles. The van der Waals surface area contributed by atoms with Gasteiger partial charge in [-0.3, -0.25) is 0 Å². The van der Waals surface area contributed by atoms with Crippen molar-refractivity contribution in [3.05, 3.63) is 29.3 Å². The molecular weight excluding hydrogens is 136 g/mol. The number of benzene rings is 1. The Balaban J connectivity index is 3.23. The Morgan fingerprint density at radius 3 is 2.73 bits per heavy atom. The third-order valence-electron chi connectivity index (χ3n) is 1.73. The Hall–Kier alpha value is -0.980. The second-order valence-electron chi connectivity index (χ2n) is 3.11. The lowest BCUT2D eigenvalue weighted by molar-refractivity contribution is 0.464. The van der Waals surface area contributed by atoms with E-state index in [2.05, 4.69) is 0 Å². The van der Waals surface area contributed by atoms with Crippen LogP contribution in [0.1, 0.15) is 32.3 Å². The quantitative estimate of drug-likeness (QED) is 0.656. The third kappa shape index (κ3) is 1.73. The molecule has 0 aliphatic carbocycles. The van der Waals surface area contributed by atoms with Crippen molar-refractivity contribution >= 4 is 0 Å². The van der Waals surface area contributed by atoms with Crippen molar-refractivity contribution in [2.75, 3.05) is 0 Å². The van der Waals surface area contributed by atoms with E-state index in [1.54, 1.807) is 12.1 Å². The highest BCUT2D eigenvalue weighted by molar-refractivity contribution is 5.37. The Morgan fingerprint density at radius 2 is 2.18 bits per heavy atom. The summed E-state index contributed by atoms with van der Waals surface area (Å²) in [4.78, 5) is 0. The van der Waals surface area contributed by atoms with Crippen molar-refractivity contribution in [2.24, 2.45) is 0 Å². The lowest BCUT2D eigenvalue weighted by Crippen LogP contribution is -1.87. The summed E-state index contributed by atoms with van der Waals surface area (Å²) in [5.74, 6) is 0.577. The van der Waals surface area contributed by atoms with Crippen LogP contribution in [0.25, 0.3) is 0 Å². The van der Waals surface area contributed by atoms with Gasteiger partial charge < -0.3 is 5.11 Å². The number of phenolic OH excluding ortho intramolecular Hbond substituents is 1. The highest BCUT2D eigenvalue weighted by Crippen LogP contribution is 2.25. The summed E-state index contributed by atoms with van der Waals surface area (Å²) < 4.78 is 7.54. The summed E-state index contributed by atoms with van der Waals surface area (Å²) in [5.41, 5.74) is 1.67. The van der Waals surface area contributed by atoms with Crippen LogP contribution in [0.15, 0.2) is 18.2 Å². The molecule has 0 unspecified atom stereocenters. The van der Waals surface area contributed by atoms with Crippen molar-refractivity contribution in [3.63, 3.8) is 0 Å². The molecule has 0 saturated carbocycles. The van der Waals surface area contributed by atoms with E-state index in [1.807, 2.05) is 20.8 Å². The van der Waals surface area contributed by atoms with Crippen LogP contribution in [-0.4, -0.2) is 5.11 Å². The van der Waals surface area contributed by atoms with Gasteiger partial charge in [-0.25, -0.2) is 0 Å². The predicted molar refractivity (Wildman–Crippen MR) is 46.9 cm³/mol. The van der Waals surface area contributed by atoms with Gasteiger partial charge in [0, 0.05) is 0 Å². The Bertz CT molecular complexity index is 292. The lowest BCUT2D eigenvalue weighted by Gasteiger charge is -2.07. The molecule has 0 amide bonds. The van der Waals surface area contributed by atoms with Crippen LogP contribution in [0, 0.1) is 6.92 Å². The zero-order chi connectivity index (χ0) is 9.30. The first-order valence-electron chi connectivity index (χ1n) is 4.32. The normalized spacial score (nSPS) is 11.8. The van der Waals surface area contributed by atoms with Gasteiger partial charge in [0.1, 0.15) is 5.75 Å². The SMILES string of the molecule is [3H]c1cc(C(C)C)c(O)cc1C. The van der Waals surface area contributed by atoms with E-state index in [9.17, 15) is 5.11 Å². The number of hydrogen-bond acceptors (Lipinski definition) is 1. The first-order chi connectivity index (χ1) is 5.52. The van der Waals surface area contributed by atoms with Crippen LogP contribution in [-0.2, 0) is 0 Å². The fourth-order valence-corrected chi connectivity index (χ4v) is 1.06. The second kappa shape index (κ2) is 2.95. The maximum Gasteiger partial charge on any atom is 0.119 e. The zero-order valence-corrected chi connectivity index (χ0v) is 7.18. The largest absolute Gasteiger partial charge is 0.508 e. The minimum absolute atomic E-state index is 0.273. The lowest BCUT2D eigenvalue weighted by atomic mass is 10.0. The Kier molecular flexibility index (Phi) is 1.80. The Morgan fingerprint density at radius 1 is 1.55 bits per heavy atom. The van der Waals surface area contributed by atoms with Crippen LogP contribution in [0.4, 0.5) is 0 Å². The summed E-state index contributed by atoms with van der Waals surface area (Å²) in [6.45, 7) is 5.83. The van der Waals surface area contributed by atoms with Gasteiger partial charge in [-0.15, -0.1) is 0 Å². The molecule has 11 heavy (non-hydrogen) atoms. The molecule has 0 radical (unpaired) electrons. The average molecular weight is 152 g/mol. The van der Waals surface area contributed by atoms with Crippen molar-refractivity contribution in [2.45, 2.75) is 26.7 Å². The molecular formula is C10H14O. The molecule has 0 bridgehead atoms. The van der Waals surface area contributed by atoms with E-state index < -0.39 is 0 Å². The molecule has 0 aliphatic heterocycles. The molecule has 60 valence electrons. The van der Waals surface area contributed by atoms with E-state index in [4.69, 9.17) is 1.37 Å². The molecule has 1 rings (SSSR count). The molecule has 0 fully saturated rings. The van der Waals surface area contributed by atoms with E-state index in [0.29, 0.717) is 11.8 Å². The maximum absolute atomic E-state index is 9.50. The smallest absolute Gasteiger partial charge is 0.119 e. The van der Waals surface area contributed by atoms with Crippen LogP contribution >= 0.6 is 0 Å². The number of aryl methyl sites for hydroxylation is 1. The van der Waals surface area contributed by atoms with Gasteiger partial charge >= 0.3 is 0 Å². The fourth-order valence-electron chi connectivity index (χ4n) is 1.06. The highest BCUT2D eigenvalue weighted by Gasteiger charge is 2.03. The van der Waals surface area contributed by atoms with E-state index in [0.717, 1.165) is 11.1 Å². The van der Waals surface area contributed by atoms with Gasteiger partial charge in [0.25, 0.3) is 0 Å². The molecule has 1 N–H and O–H groups in total. The maximum atomic E-state index is 9.50. The first kappa shape index (κ1) is 6.71. The predicted octanol–water partition coefficient (Wildman–Crippen LogP) is 2.82. The summed E-state index contributed by atoms with van der Waals surface area (Å²) in [6.07, 6.45) is 0. The van der Waals surface area contributed by atoms with Gasteiger partial charge in [0.15, 0.2) is 0 Å². The minimum atomic E-state index is 0.273. The van der Waals surface area contributed by atoms with Gasteiger partial charge in [0.05, 0.1) is 1.37 Å². The van der Waals surface area contributed by atoms with Crippen LogP contribution in [0.5, 0.6) is 5.75 Å². The van der Waals surface area contributed by atoms with Crippen LogP contribution in [0.3, 0.4) is 0 Å². The first-order valence-corrected chi connectivity index (χ1v) is 3.82. The minimum Gasteiger partial charge on any atom is -0.508 e. The summed E-state index contributed by atoms with van der Waals surface area (Å²) >= 11 is 0. The standard InChI is InChI=1S/C10H14O/c1-7(2)9-5-4-8(3)6-10(9)11/h4-7,11H,1-3H3/i4T. The molecule has 0 aromatic heterocycles. The monoisotopic (exact) mass is 152 g/mol. The molecule has 0 atom stereocenters. The molecule has 1 heteroatoms. The average Bonchev–Trinajstić information content (AvgIpc) is 1.96. The van der Waals surface area contributed by atoms with Crippen molar-refractivity contribution in [1.82, 2.24) is 0 Å². The van der Waals surface area contributed by atoms with Crippen molar-refractivity contribution in [1.29, 1.82) is 0 Å². The Labute approximate surface area is 69.1 Å². The van der Waals surface area contributed by atoms with E-state index in [1.165, 1.54) is 0 Å². The molecule has 0 heterocycles. The number of hydrogen-bond donors (Lipinski definition) is 1. The number of aromatic hydroxyl groups is 1. The molecule has 0 spiro atoms. The van der Waals surface area contributed by atoms with Crippen LogP contribution < -0.4 is 0 Å². The molecule has 1 aromatic rings. The molecule has 1 nitrogen and oxygen atoms in total. The fraction of sp³-hybridized carbons (Fsp3) is 0.400. The van der Waals surface area contributed by atoms with E-state index in [-0.39, 0.29) is 5.92 Å². The number of phenols is 1. The topological polar surface area (TPSA) is 20.2 Å². The number of rotatable bonds is 1. The van der Waals surface area contributed by atoms with Gasteiger partial charge in [-0.1, -0.05) is 26.0 Å². The van der Waals surface area contributed by atoms with E-state index >= 15 is 0 Å². The van der Waals surface area contributed by atoms with Gasteiger partial charge in [0.2, 0.25) is 0 Å². The second-order valence-corrected chi connectivity index (χ2v) is 3.11.